The number of benzene rings is 3. The molecule has 0 radical (unpaired) electrons. The molecule has 0 saturated carbocycles. The molecule has 5 heteroatoms. The van der Waals surface area contributed by atoms with Gasteiger partial charge in [0.25, 0.3) is 5.91 Å². The zero-order chi connectivity index (χ0) is 18.4. The number of hydrogen-bond donors (Lipinski definition) is 1. The molecule has 3 aromatic rings. The molecule has 26 heavy (non-hydrogen) atoms. The van der Waals surface area contributed by atoms with Gasteiger partial charge in [-0.15, -0.1) is 0 Å². The number of carbonyl (C=O) groups is 2. The predicted octanol–water partition coefficient (Wildman–Crippen LogP) is 4.03. The van der Waals surface area contributed by atoms with Crippen LogP contribution in [0, 0.1) is 0 Å². The molecule has 0 aliphatic carbocycles. The smallest absolute Gasteiger partial charge is 0.338 e. The number of rotatable bonds is 6. The summed E-state index contributed by atoms with van der Waals surface area (Å²) in [7, 11) is 0. The van der Waals surface area contributed by atoms with Gasteiger partial charge in [0, 0.05) is 5.69 Å². The van der Waals surface area contributed by atoms with Crippen LogP contribution in [0.3, 0.4) is 0 Å². The number of nitrogens with one attached hydrogen (secondary N) is 1. The topological polar surface area (TPSA) is 64.6 Å². The van der Waals surface area contributed by atoms with E-state index in [9.17, 15) is 9.59 Å². The van der Waals surface area contributed by atoms with Crippen molar-refractivity contribution >= 4 is 28.3 Å². The molecule has 0 aliphatic rings. The first-order chi connectivity index (χ1) is 12.7. The van der Waals surface area contributed by atoms with Crippen molar-refractivity contribution in [2.45, 2.75) is 6.92 Å². The zero-order valence-corrected chi connectivity index (χ0v) is 14.4. The maximum absolute atomic E-state index is 12.1. The lowest BCUT2D eigenvalue weighted by molar-refractivity contribution is -0.119. The first kappa shape index (κ1) is 17.5. The van der Waals surface area contributed by atoms with Crippen LogP contribution in [0.2, 0.25) is 0 Å². The Morgan fingerprint density at radius 2 is 1.65 bits per heavy atom. The molecule has 5 nitrogen and oxygen atoms in total. The van der Waals surface area contributed by atoms with Gasteiger partial charge in [-0.25, -0.2) is 4.79 Å². The van der Waals surface area contributed by atoms with Gasteiger partial charge in [-0.2, -0.15) is 0 Å². The van der Waals surface area contributed by atoms with Gasteiger partial charge in [0.1, 0.15) is 5.75 Å². The van der Waals surface area contributed by atoms with Crippen molar-refractivity contribution < 1.29 is 19.1 Å². The Labute approximate surface area is 151 Å². The normalized spacial score (nSPS) is 10.3. The van der Waals surface area contributed by atoms with Gasteiger partial charge in [-0.05, 0) is 54.1 Å². The lowest BCUT2D eigenvalue weighted by Crippen LogP contribution is -2.20. The standard InChI is InChI=1S/C21H19NO4/c1-2-25-19-11-9-18(10-12-19)22-20(23)14-26-21(24)17-8-7-15-5-3-4-6-16(15)13-17/h3-13H,2,14H2,1H3,(H,22,23). The fourth-order valence-corrected chi connectivity index (χ4v) is 2.53. The highest BCUT2D eigenvalue weighted by Crippen LogP contribution is 2.17. The quantitative estimate of drug-likeness (QED) is 0.682. The van der Waals surface area contributed by atoms with Crippen molar-refractivity contribution in [3.05, 3.63) is 72.3 Å². The van der Waals surface area contributed by atoms with Crippen LogP contribution in [0.1, 0.15) is 17.3 Å². The fraction of sp³-hybridized carbons (Fsp3) is 0.143. The third kappa shape index (κ3) is 4.39. The Hall–Kier alpha value is -3.34. The number of esters is 1. The largest absolute Gasteiger partial charge is 0.494 e. The summed E-state index contributed by atoms with van der Waals surface area (Å²) in [5.41, 5.74) is 1.03. The number of fused-ring (bicyclic) bond motifs is 1. The molecule has 3 rings (SSSR count). The Balaban J connectivity index is 1.55. The molecule has 132 valence electrons. The molecule has 3 aromatic carbocycles. The fourth-order valence-electron chi connectivity index (χ4n) is 2.53. The molecule has 0 atom stereocenters. The number of amides is 1. The highest BCUT2D eigenvalue weighted by atomic mass is 16.5. The molecule has 0 aromatic heterocycles. The maximum Gasteiger partial charge on any atom is 0.338 e. The van der Waals surface area contributed by atoms with Gasteiger partial charge >= 0.3 is 5.97 Å². The molecule has 0 saturated heterocycles. The lowest BCUT2D eigenvalue weighted by Gasteiger charge is -2.08. The van der Waals surface area contributed by atoms with E-state index >= 15 is 0 Å². The molecule has 0 aliphatic heterocycles. The highest BCUT2D eigenvalue weighted by Gasteiger charge is 2.11. The summed E-state index contributed by atoms with van der Waals surface area (Å²) in [5, 5.41) is 4.66. The summed E-state index contributed by atoms with van der Waals surface area (Å²) in [6.07, 6.45) is 0. The third-order valence-electron chi connectivity index (χ3n) is 3.77. The van der Waals surface area contributed by atoms with Crippen molar-refractivity contribution in [3.63, 3.8) is 0 Å². The average molecular weight is 349 g/mol. The van der Waals surface area contributed by atoms with Crippen LogP contribution >= 0.6 is 0 Å². The second-order valence-electron chi connectivity index (χ2n) is 5.64. The molecular formula is C21H19NO4. The van der Waals surface area contributed by atoms with E-state index in [4.69, 9.17) is 9.47 Å². The summed E-state index contributed by atoms with van der Waals surface area (Å²) in [6, 6.07) is 20.0. The summed E-state index contributed by atoms with van der Waals surface area (Å²) in [6.45, 7) is 2.13. The van der Waals surface area contributed by atoms with Crippen molar-refractivity contribution in [1.29, 1.82) is 0 Å². The van der Waals surface area contributed by atoms with Gasteiger partial charge in [-0.1, -0.05) is 30.3 Å². The molecule has 0 heterocycles. The van der Waals surface area contributed by atoms with Gasteiger partial charge in [0.2, 0.25) is 0 Å². The van der Waals surface area contributed by atoms with Gasteiger partial charge < -0.3 is 14.8 Å². The second-order valence-corrected chi connectivity index (χ2v) is 5.64. The minimum absolute atomic E-state index is 0.348. The van der Waals surface area contributed by atoms with E-state index in [2.05, 4.69) is 5.32 Å². The van der Waals surface area contributed by atoms with Gasteiger partial charge in [0.15, 0.2) is 6.61 Å². The molecule has 0 bridgehead atoms. The van der Waals surface area contributed by atoms with E-state index in [0.29, 0.717) is 17.9 Å². The maximum atomic E-state index is 12.1. The van der Waals surface area contributed by atoms with Crippen molar-refractivity contribution in [3.8, 4) is 5.75 Å². The van der Waals surface area contributed by atoms with Gasteiger partial charge in [0.05, 0.1) is 12.2 Å². The minimum Gasteiger partial charge on any atom is -0.494 e. The number of hydrogen-bond acceptors (Lipinski definition) is 4. The predicted molar refractivity (Wildman–Crippen MR) is 100 cm³/mol. The van der Waals surface area contributed by atoms with E-state index in [-0.39, 0.29) is 6.61 Å². The third-order valence-corrected chi connectivity index (χ3v) is 3.77. The van der Waals surface area contributed by atoms with Crippen LogP contribution in [-0.4, -0.2) is 25.1 Å². The van der Waals surface area contributed by atoms with Crippen molar-refractivity contribution in [1.82, 2.24) is 0 Å². The first-order valence-corrected chi connectivity index (χ1v) is 8.34. The number of anilines is 1. The Morgan fingerprint density at radius 1 is 0.923 bits per heavy atom. The Morgan fingerprint density at radius 3 is 2.38 bits per heavy atom. The zero-order valence-electron chi connectivity index (χ0n) is 14.4. The lowest BCUT2D eigenvalue weighted by atomic mass is 10.1. The molecular weight excluding hydrogens is 330 g/mol. The van der Waals surface area contributed by atoms with E-state index in [1.165, 1.54) is 0 Å². The molecule has 0 spiro atoms. The van der Waals surface area contributed by atoms with Crippen LogP contribution in [0.4, 0.5) is 5.69 Å². The summed E-state index contributed by atoms with van der Waals surface area (Å²) >= 11 is 0. The summed E-state index contributed by atoms with van der Waals surface area (Å²) in [4.78, 5) is 24.1. The van der Waals surface area contributed by atoms with Crippen LogP contribution in [0.25, 0.3) is 10.8 Å². The van der Waals surface area contributed by atoms with E-state index in [1.54, 1.807) is 36.4 Å². The van der Waals surface area contributed by atoms with E-state index < -0.39 is 11.9 Å². The average Bonchev–Trinajstić information content (AvgIpc) is 2.67. The highest BCUT2D eigenvalue weighted by molar-refractivity contribution is 5.98. The van der Waals surface area contributed by atoms with Crippen molar-refractivity contribution in [2.75, 3.05) is 18.5 Å². The molecule has 0 fully saturated rings. The monoisotopic (exact) mass is 349 g/mol. The second kappa shape index (κ2) is 8.16. The number of ether oxygens (including phenoxy) is 2. The molecule has 1 amide bonds. The first-order valence-electron chi connectivity index (χ1n) is 8.34. The van der Waals surface area contributed by atoms with Crippen LogP contribution in [0.15, 0.2) is 66.7 Å². The van der Waals surface area contributed by atoms with Crippen LogP contribution < -0.4 is 10.1 Å². The number of carbonyl (C=O) groups excluding carboxylic acids is 2. The SMILES string of the molecule is CCOc1ccc(NC(=O)COC(=O)c2ccc3ccccc3c2)cc1. The molecule has 1 N–H and O–H groups in total. The minimum atomic E-state index is -0.530. The van der Waals surface area contributed by atoms with E-state index in [1.807, 2.05) is 37.3 Å². The Bertz CT molecular complexity index is 919. The molecule has 0 unspecified atom stereocenters. The Kier molecular flexibility index (Phi) is 5.49. The van der Waals surface area contributed by atoms with E-state index in [0.717, 1.165) is 16.5 Å². The van der Waals surface area contributed by atoms with Crippen LogP contribution in [-0.2, 0) is 9.53 Å². The van der Waals surface area contributed by atoms with Crippen LogP contribution in [0.5, 0.6) is 5.75 Å². The van der Waals surface area contributed by atoms with Gasteiger partial charge in [-0.3, -0.25) is 4.79 Å². The summed E-state index contributed by atoms with van der Waals surface area (Å²) in [5.74, 6) is -0.200. The van der Waals surface area contributed by atoms with Crippen molar-refractivity contribution in [2.24, 2.45) is 0 Å². The summed E-state index contributed by atoms with van der Waals surface area (Å²) < 4.78 is 10.4.